The van der Waals surface area contributed by atoms with Crippen LogP contribution in [0.1, 0.15) is 104 Å². The van der Waals surface area contributed by atoms with Gasteiger partial charge in [0.2, 0.25) is 0 Å². The maximum atomic E-state index is 5.78. The molecule has 1 fully saturated rings. The molecule has 2 atom stereocenters. The van der Waals surface area contributed by atoms with Gasteiger partial charge < -0.3 is 4.74 Å². The summed E-state index contributed by atoms with van der Waals surface area (Å²) in [6.45, 7) is 6.92. The number of unbranched alkanes of at least 4 members (excludes halogenated alkanes) is 8. The van der Waals surface area contributed by atoms with Gasteiger partial charge in [0.05, 0.1) is 12.2 Å². The van der Waals surface area contributed by atoms with Gasteiger partial charge in [0.1, 0.15) is 0 Å². The summed E-state index contributed by atoms with van der Waals surface area (Å²) in [7, 11) is 0. The van der Waals surface area contributed by atoms with Gasteiger partial charge in [-0.3, -0.25) is 0 Å². The van der Waals surface area contributed by atoms with E-state index in [1.165, 1.54) is 83.5 Å². The molecule has 0 radical (unpaired) electrons. The van der Waals surface area contributed by atoms with Crippen molar-refractivity contribution in [3.8, 4) is 0 Å². The van der Waals surface area contributed by atoms with Crippen LogP contribution in [0.4, 0.5) is 0 Å². The predicted molar refractivity (Wildman–Crippen MR) is 89.2 cm³/mol. The van der Waals surface area contributed by atoms with Crippen LogP contribution in [0.25, 0.3) is 0 Å². The Hall–Kier alpha value is -0.0400. The molecule has 0 aromatic heterocycles. The van der Waals surface area contributed by atoms with E-state index in [1.54, 1.807) is 0 Å². The molecule has 0 aliphatic carbocycles. The Kier molecular flexibility index (Phi) is 10.4. The van der Waals surface area contributed by atoms with Crippen LogP contribution in [-0.2, 0) is 4.74 Å². The van der Waals surface area contributed by atoms with Crippen molar-refractivity contribution in [1.29, 1.82) is 0 Å². The van der Waals surface area contributed by atoms with Crippen LogP contribution in [0.2, 0.25) is 0 Å². The van der Waals surface area contributed by atoms with Crippen molar-refractivity contribution >= 4 is 0 Å². The third-order valence-corrected chi connectivity index (χ3v) is 4.55. The van der Waals surface area contributed by atoms with E-state index in [4.69, 9.17) is 4.74 Å². The van der Waals surface area contributed by atoms with Crippen molar-refractivity contribution in [2.75, 3.05) is 0 Å². The molecule has 1 nitrogen and oxygen atoms in total. The van der Waals surface area contributed by atoms with Crippen LogP contribution in [-0.4, -0.2) is 12.2 Å². The third kappa shape index (κ3) is 9.80. The van der Waals surface area contributed by atoms with E-state index in [1.807, 2.05) is 0 Å². The topological polar surface area (TPSA) is 12.5 Å². The third-order valence-electron chi connectivity index (χ3n) is 4.55. The monoisotopic (exact) mass is 282 g/mol. The minimum Gasteiger partial charge on any atom is -0.370 e. The summed E-state index contributed by atoms with van der Waals surface area (Å²) in [5.74, 6) is 0.864. The van der Waals surface area contributed by atoms with E-state index in [0.717, 1.165) is 5.92 Å². The van der Waals surface area contributed by atoms with E-state index in [-0.39, 0.29) is 0 Å². The molecule has 0 unspecified atom stereocenters. The highest BCUT2D eigenvalue weighted by molar-refractivity contribution is 4.84. The van der Waals surface area contributed by atoms with E-state index in [0.29, 0.717) is 12.2 Å². The lowest BCUT2D eigenvalue weighted by Crippen LogP contribution is -1.95. The Morgan fingerprint density at radius 3 is 1.75 bits per heavy atom. The van der Waals surface area contributed by atoms with Gasteiger partial charge in [0.25, 0.3) is 0 Å². The molecule has 20 heavy (non-hydrogen) atoms. The Morgan fingerprint density at radius 2 is 1.20 bits per heavy atom. The second-order valence-corrected chi connectivity index (χ2v) is 7.15. The van der Waals surface area contributed by atoms with Crippen LogP contribution < -0.4 is 0 Å². The first-order chi connectivity index (χ1) is 9.74. The Balaban J connectivity index is 1.76. The smallest absolute Gasteiger partial charge is 0.0841 e. The number of rotatable bonds is 14. The second kappa shape index (κ2) is 11.6. The molecule has 0 bridgehead atoms. The van der Waals surface area contributed by atoms with Crippen molar-refractivity contribution in [3.63, 3.8) is 0 Å². The normalized spacial score (nSPS) is 21.6. The maximum absolute atomic E-state index is 5.78. The molecule has 0 aromatic carbocycles. The zero-order valence-electron chi connectivity index (χ0n) is 14.3. The molecule has 0 spiro atoms. The summed E-state index contributed by atoms with van der Waals surface area (Å²) in [6, 6.07) is 0. The molecule has 0 saturated carbocycles. The van der Waals surface area contributed by atoms with Crippen LogP contribution >= 0.6 is 0 Å². The summed E-state index contributed by atoms with van der Waals surface area (Å²) in [5.41, 5.74) is 0. The van der Waals surface area contributed by atoms with Gasteiger partial charge in [-0.15, -0.1) is 0 Å². The molecule has 1 aliphatic heterocycles. The lowest BCUT2D eigenvalue weighted by atomic mass is 10.0. The first-order valence-corrected chi connectivity index (χ1v) is 9.39. The van der Waals surface area contributed by atoms with Crippen LogP contribution in [0.15, 0.2) is 0 Å². The highest BCUT2D eigenvalue weighted by atomic mass is 16.6. The van der Waals surface area contributed by atoms with Gasteiger partial charge in [-0.05, 0) is 18.8 Å². The van der Waals surface area contributed by atoms with Gasteiger partial charge in [0, 0.05) is 0 Å². The SMILES string of the molecule is CCCCCCCCCC[C@H]1O[C@H]1CCCCC(C)C. The fourth-order valence-corrected chi connectivity index (χ4v) is 3.06. The van der Waals surface area contributed by atoms with Crippen LogP contribution in [0, 0.1) is 5.92 Å². The van der Waals surface area contributed by atoms with Crippen LogP contribution in [0.3, 0.4) is 0 Å². The minimum atomic E-state index is 0.631. The first kappa shape index (κ1) is 18.0. The van der Waals surface area contributed by atoms with Crippen molar-refractivity contribution in [2.24, 2.45) is 5.92 Å². The van der Waals surface area contributed by atoms with E-state index in [9.17, 15) is 0 Å². The Labute approximate surface area is 127 Å². The molecule has 1 rings (SSSR count). The van der Waals surface area contributed by atoms with Crippen molar-refractivity contribution in [1.82, 2.24) is 0 Å². The fourth-order valence-electron chi connectivity index (χ4n) is 3.06. The minimum absolute atomic E-state index is 0.631. The zero-order chi connectivity index (χ0) is 14.6. The number of ether oxygens (including phenoxy) is 1. The van der Waals surface area contributed by atoms with Gasteiger partial charge in [-0.2, -0.15) is 0 Å². The van der Waals surface area contributed by atoms with Crippen LogP contribution in [0.5, 0.6) is 0 Å². The van der Waals surface area contributed by atoms with Gasteiger partial charge in [-0.25, -0.2) is 0 Å². The predicted octanol–water partition coefficient (Wildman–Crippen LogP) is 6.50. The molecule has 0 amide bonds. The zero-order valence-corrected chi connectivity index (χ0v) is 14.3. The number of hydrogen-bond donors (Lipinski definition) is 0. The second-order valence-electron chi connectivity index (χ2n) is 7.15. The van der Waals surface area contributed by atoms with Crippen molar-refractivity contribution in [3.05, 3.63) is 0 Å². The lowest BCUT2D eigenvalue weighted by molar-refractivity contribution is 0.346. The van der Waals surface area contributed by atoms with E-state index >= 15 is 0 Å². The fraction of sp³-hybridized carbons (Fsp3) is 1.00. The van der Waals surface area contributed by atoms with Gasteiger partial charge in [-0.1, -0.05) is 91.4 Å². The van der Waals surface area contributed by atoms with Gasteiger partial charge >= 0.3 is 0 Å². The largest absolute Gasteiger partial charge is 0.370 e. The maximum Gasteiger partial charge on any atom is 0.0841 e. The van der Waals surface area contributed by atoms with Gasteiger partial charge in [0.15, 0.2) is 0 Å². The molecule has 0 N–H and O–H groups in total. The average molecular weight is 283 g/mol. The Morgan fingerprint density at radius 1 is 0.700 bits per heavy atom. The van der Waals surface area contributed by atoms with Crippen molar-refractivity contribution < 1.29 is 4.74 Å². The summed E-state index contributed by atoms with van der Waals surface area (Å²) in [5, 5.41) is 0. The molecular weight excluding hydrogens is 244 g/mol. The quantitative estimate of drug-likeness (QED) is 0.261. The molecule has 120 valence electrons. The standard InChI is InChI=1S/C19H38O/c1-4-5-6-7-8-9-10-11-15-18-19(20-18)16-13-12-14-17(2)3/h17-19H,4-16H2,1-3H3/t18-,19+/m1/s1. The number of hydrogen-bond acceptors (Lipinski definition) is 1. The van der Waals surface area contributed by atoms with Crippen molar-refractivity contribution in [2.45, 2.75) is 116 Å². The molecule has 1 saturated heterocycles. The molecule has 1 aliphatic rings. The summed E-state index contributed by atoms with van der Waals surface area (Å²) >= 11 is 0. The highest BCUT2D eigenvalue weighted by Gasteiger charge is 2.36. The first-order valence-electron chi connectivity index (χ1n) is 9.39. The summed E-state index contributed by atoms with van der Waals surface area (Å²) in [4.78, 5) is 0. The van der Waals surface area contributed by atoms with E-state index in [2.05, 4.69) is 20.8 Å². The lowest BCUT2D eigenvalue weighted by Gasteiger charge is -2.02. The average Bonchev–Trinajstić information content (AvgIpc) is 3.16. The molecular formula is C19H38O. The molecule has 1 heterocycles. The summed E-state index contributed by atoms with van der Waals surface area (Å²) < 4.78 is 5.78. The highest BCUT2D eigenvalue weighted by Crippen LogP contribution is 2.31. The number of epoxide rings is 1. The molecule has 1 heteroatoms. The summed E-state index contributed by atoms with van der Waals surface area (Å²) in [6.07, 6.45) is 19.4. The van der Waals surface area contributed by atoms with E-state index < -0.39 is 0 Å². The Bertz CT molecular complexity index is 212. The molecule has 0 aromatic rings.